The van der Waals surface area contributed by atoms with Crippen LogP contribution in [0.1, 0.15) is 30.1 Å². The van der Waals surface area contributed by atoms with Crippen LogP contribution in [0.15, 0.2) is 24.3 Å². The highest BCUT2D eigenvalue weighted by atomic mass is 16.6. The van der Waals surface area contributed by atoms with E-state index in [0.717, 1.165) is 19.1 Å². The molecule has 1 amide bonds. The summed E-state index contributed by atoms with van der Waals surface area (Å²) in [4.78, 5) is 33.6. The van der Waals surface area contributed by atoms with Gasteiger partial charge in [0.1, 0.15) is 12.0 Å². The van der Waals surface area contributed by atoms with E-state index in [0.29, 0.717) is 17.2 Å². The number of amides is 1. The van der Waals surface area contributed by atoms with Crippen LogP contribution < -0.4 is 10.1 Å². The molecule has 1 aliphatic rings. The minimum Gasteiger partial charge on any atom is -0.482 e. The summed E-state index contributed by atoms with van der Waals surface area (Å²) >= 11 is 0. The van der Waals surface area contributed by atoms with E-state index >= 15 is 0 Å². The van der Waals surface area contributed by atoms with Gasteiger partial charge in [-0.25, -0.2) is 4.79 Å². The Kier molecular flexibility index (Phi) is 5.52. The van der Waals surface area contributed by atoms with E-state index in [1.807, 2.05) is 6.92 Å². The molecule has 6 nitrogen and oxygen atoms in total. The Morgan fingerprint density at radius 1 is 1.27 bits per heavy atom. The van der Waals surface area contributed by atoms with Crippen LogP contribution in [-0.4, -0.2) is 37.4 Å². The van der Waals surface area contributed by atoms with Crippen LogP contribution in [0.2, 0.25) is 0 Å². The number of nitrogens with one attached hydrogen (secondary N) is 1. The molecule has 0 radical (unpaired) electrons. The summed E-state index contributed by atoms with van der Waals surface area (Å²) in [6, 6.07) is 6.46. The molecule has 1 saturated carbocycles. The Labute approximate surface area is 128 Å². The SMILES string of the molecule is C[C@H](NC(=O)COC(=O)COc1ccc(C=O)cc1)C1CC1. The van der Waals surface area contributed by atoms with Gasteiger partial charge in [-0.1, -0.05) is 0 Å². The monoisotopic (exact) mass is 305 g/mol. The fourth-order valence-electron chi connectivity index (χ4n) is 1.98. The first-order valence-electron chi connectivity index (χ1n) is 7.21. The third-order valence-corrected chi connectivity index (χ3v) is 3.45. The number of esters is 1. The van der Waals surface area contributed by atoms with Gasteiger partial charge in [-0.3, -0.25) is 9.59 Å². The van der Waals surface area contributed by atoms with Crippen molar-refractivity contribution in [2.75, 3.05) is 13.2 Å². The van der Waals surface area contributed by atoms with Crippen molar-refractivity contribution in [3.8, 4) is 5.75 Å². The summed E-state index contributed by atoms with van der Waals surface area (Å²) in [6.07, 6.45) is 3.00. The van der Waals surface area contributed by atoms with E-state index in [1.54, 1.807) is 24.3 Å². The Hall–Kier alpha value is -2.37. The van der Waals surface area contributed by atoms with E-state index in [4.69, 9.17) is 9.47 Å². The minimum atomic E-state index is -0.617. The number of ether oxygens (including phenoxy) is 2. The molecule has 1 aliphatic carbocycles. The highest BCUT2D eigenvalue weighted by Crippen LogP contribution is 2.32. The molecule has 0 unspecified atom stereocenters. The maximum absolute atomic E-state index is 11.6. The molecule has 0 aromatic heterocycles. The molecule has 1 atom stereocenters. The largest absolute Gasteiger partial charge is 0.482 e. The highest BCUT2D eigenvalue weighted by molar-refractivity contribution is 5.81. The first-order valence-corrected chi connectivity index (χ1v) is 7.21. The average Bonchev–Trinajstić information content (AvgIpc) is 3.36. The van der Waals surface area contributed by atoms with Gasteiger partial charge in [-0.15, -0.1) is 0 Å². The summed E-state index contributed by atoms with van der Waals surface area (Å²) in [5.41, 5.74) is 0.524. The van der Waals surface area contributed by atoms with Crippen LogP contribution in [0.4, 0.5) is 0 Å². The van der Waals surface area contributed by atoms with Crippen LogP contribution >= 0.6 is 0 Å². The van der Waals surface area contributed by atoms with Crippen molar-refractivity contribution >= 4 is 18.2 Å². The molecular formula is C16H19NO5. The summed E-state index contributed by atoms with van der Waals surface area (Å²) in [5.74, 6) is 0.0865. The van der Waals surface area contributed by atoms with E-state index in [2.05, 4.69) is 5.32 Å². The number of aldehydes is 1. The third kappa shape index (κ3) is 5.20. The second-order valence-corrected chi connectivity index (χ2v) is 5.33. The number of carbonyl (C=O) groups is 3. The summed E-state index contributed by atoms with van der Waals surface area (Å²) in [7, 11) is 0. The first kappa shape index (κ1) is 16.0. The Balaban J connectivity index is 1.64. The average molecular weight is 305 g/mol. The lowest BCUT2D eigenvalue weighted by molar-refractivity contribution is -0.150. The standard InChI is InChI=1S/C16H19NO5/c1-11(13-4-5-13)17-15(19)9-22-16(20)10-21-14-6-2-12(8-18)3-7-14/h2-3,6-8,11,13H,4-5,9-10H2,1H3,(H,17,19)/t11-/m0/s1. The number of hydrogen-bond acceptors (Lipinski definition) is 5. The number of benzene rings is 1. The zero-order valence-corrected chi connectivity index (χ0v) is 12.4. The summed E-state index contributed by atoms with van der Waals surface area (Å²) in [6.45, 7) is 1.36. The summed E-state index contributed by atoms with van der Waals surface area (Å²) < 4.78 is 10.0. The topological polar surface area (TPSA) is 81.7 Å². The van der Waals surface area contributed by atoms with Gasteiger partial charge in [-0.2, -0.15) is 0 Å². The molecule has 0 heterocycles. The molecule has 118 valence electrons. The van der Waals surface area contributed by atoms with E-state index in [1.165, 1.54) is 0 Å². The normalized spacial score (nSPS) is 14.8. The van der Waals surface area contributed by atoms with E-state index in [9.17, 15) is 14.4 Å². The number of carbonyl (C=O) groups excluding carboxylic acids is 3. The Morgan fingerprint density at radius 2 is 1.95 bits per heavy atom. The predicted molar refractivity (Wildman–Crippen MR) is 78.6 cm³/mol. The molecule has 0 saturated heterocycles. The van der Waals surface area contributed by atoms with Crippen molar-refractivity contribution in [3.05, 3.63) is 29.8 Å². The molecule has 2 rings (SSSR count). The predicted octanol–water partition coefficient (Wildman–Crippen LogP) is 1.34. The number of hydrogen-bond donors (Lipinski definition) is 1. The molecule has 1 aromatic carbocycles. The van der Waals surface area contributed by atoms with Crippen molar-refractivity contribution in [1.82, 2.24) is 5.32 Å². The van der Waals surface area contributed by atoms with E-state index < -0.39 is 5.97 Å². The van der Waals surface area contributed by atoms with Crippen molar-refractivity contribution in [1.29, 1.82) is 0 Å². The second kappa shape index (κ2) is 7.59. The number of rotatable bonds is 8. The molecular weight excluding hydrogens is 286 g/mol. The second-order valence-electron chi connectivity index (χ2n) is 5.33. The van der Waals surface area contributed by atoms with Crippen LogP contribution in [0.3, 0.4) is 0 Å². The molecule has 22 heavy (non-hydrogen) atoms. The molecule has 0 bridgehead atoms. The van der Waals surface area contributed by atoms with Gasteiger partial charge >= 0.3 is 5.97 Å². The molecule has 0 aliphatic heterocycles. The molecule has 6 heteroatoms. The fraction of sp³-hybridized carbons (Fsp3) is 0.438. The molecule has 1 aromatic rings. The van der Waals surface area contributed by atoms with Crippen molar-refractivity contribution in [2.45, 2.75) is 25.8 Å². The first-order chi connectivity index (χ1) is 10.6. The van der Waals surface area contributed by atoms with Crippen molar-refractivity contribution < 1.29 is 23.9 Å². The van der Waals surface area contributed by atoms with Crippen LogP contribution in [0, 0.1) is 5.92 Å². The smallest absolute Gasteiger partial charge is 0.344 e. The Bertz CT molecular complexity index is 536. The highest BCUT2D eigenvalue weighted by Gasteiger charge is 2.28. The Morgan fingerprint density at radius 3 is 2.55 bits per heavy atom. The van der Waals surface area contributed by atoms with Crippen molar-refractivity contribution in [3.63, 3.8) is 0 Å². The third-order valence-electron chi connectivity index (χ3n) is 3.45. The zero-order valence-electron chi connectivity index (χ0n) is 12.4. The van der Waals surface area contributed by atoms with Crippen LogP contribution in [0.5, 0.6) is 5.75 Å². The quantitative estimate of drug-likeness (QED) is 0.579. The summed E-state index contributed by atoms with van der Waals surface area (Å²) in [5, 5.41) is 2.79. The molecule has 0 spiro atoms. The van der Waals surface area contributed by atoms with Gasteiger partial charge in [0.25, 0.3) is 5.91 Å². The van der Waals surface area contributed by atoms with Crippen LogP contribution in [0.25, 0.3) is 0 Å². The van der Waals surface area contributed by atoms with Gasteiger partial charge in [0, 0.05) is 11.6 Å². The lowest BCUT2D eigenvalue weighted by Gasteiger charge is -2.12. The van der Waals surface area contributed by atoms with Gasteiger partial charge in [0.15, 0.2) is 13.2 Å². The van der Waals surface area contributed by atoms with Gasteiger partial charge in [-0.05, 0) is 49.9 Å². The van der Waals surface area contributed by atoms with Crippen LogP contribution in [-0.2, 0) is 14.3 Å². The van der Waals surface area contributed by atoms with E-state index in [-0.39, 0.29) is 25.2 Å². The minimum absolute atomic E-state index is 0.124. The lowest BCUT2D eigenvalue weighted by Crippen LogP contribution is -2.37. The maximum atomic E-state index is 11.6. The maximum Gasteiger partial charge on any atom is 0.344 e. The van der Waals surface area contributed by atoms with Gasteiger partial charge in [0.2, 0.25) is 0 Å². The molecule has 1 N–H and O–H groups in total. The fourth-order valence-corrected chi connectivity index (χ4v) is 1.98. The zero-order chi connectivity index (χ0) is 15.9. The van der Waals surface area contributed by atoms with Crippen molar-refractivity contribution in [2.24, 2.45) is 5.92 Å². The molecule has 1 fully saturated rings. The van der Waals surface area contributed by atoms with Gasteiger partial charge in [0.05, 0.1) is 0 Å². The van der Waals surface area contributed by atoms with Gasteiger partial charge < -0.3 is 14.8 Å². The lowest BCUT2D eigenvalue weighted by atomic mass is 10.2.